The van der Waals surface area contributed by atoms with Crippen LogP contribution < -0.4 is 5.32 Å². The van der Waals surface area contributed by atoms with Crippen LogP contribution in [0, 0.1) is 0 Å². The number of hydrogen-bond donors (Lipinski definition) is 1. The van der Waals surface area contributed by atoms with Gasteiger partial charge in [0, 0.05) is 6.42 Å². The molecule has 0 saturated carbocycles. The summed E-state index contributed by atoms with van der Waals surface area (Å²) < 4.78 is 0. The summed E-state index contributed by atoms with van der Waals surface area (Å²) in [6, 6.07) is -0.252. The second kappa shape index (κ2) is 2.37. The van der Waals surface area contributed by atoms with Crippen LogP contribution in [0.15, 0.2) is 12.2 Å². The Labute approximate surface area is 68.2 Å². The Hall–Kier alpha value is -0.770. The molecule has 11 heavy (non-hydrogen) atoms. The number of thioether (sulfide) groups is 1. The van der Waals surface area contributed by atoms with E-state index in [-0.39, 0.29) is 22.3 Å². The van der Waals surface area contributed by atoms with Gasteiger partial charge in [-0.25, -0.2) is 0 Å². The molecule has 2 aliphatic rings. The Morgan fingerprint density at radius 3 is 3.09 bits per heavy atom. The molecular weight excluding hydrogens is 162 g/mol. The summed E-state index contributed by atoms with van der Waals surface area (Å²) in [5, 5.41) is 2.59. The fourth-order valence-corrected chi connectivity index (χ4v) is 2.28. The molecule has 1 saturated heterocycles. The minimum Gasteiger partial charge on any atom is -0.336 e. The fraction of sp³-hybridized carbons (Fsp3) is 0.429. The van der Waals surface area contributed by atoms with Gasteiger partial charge >= 0.3 is 0 Å². The zero-order valence-corrected chi connectivity index (χ0v) is 6.56. The highest BCUT2D eigenvalue weighted by molar-refractivity contribution is 8.14. The molecule has 1 aliphatic carbocycles. The van der Waals surface area contributed by atoms with Gasteiger partial charge in [-0.3, -0.25) is 9.59 Å². The summed E-state index contributed by atoms with van der Waals surface area (Å²) >= 11 is 1.20. The predicted octanol–water partition coefficient (Wildman–Crippen LogP) is 0.709. The van der Waals surface area contributed by atoms with Gasteiger partial charge in [0.2, 0.25) is 0 Å². The Kier molecular flexibility index (Phi) is 1.49. The van der Waals surface area contributed by atoms with Crippen molar-refractivity contribution >= 4 is 22.8 Å². The number of carbonyl (C=O) groups is 2. The first-order chi connectivity index (χ1) is 5.27. The molecule has 0 aromatic heterocycles. The quantitative estimate of drug-likeness (QED) is 0.543. The van der Waals surface area contributed by atoms with Crippen LogP contribution in [0.1, 0.15) is 6.42 Å². The number of hydrogen-bond acceptors (Lipinski definition) is 3. The molecule has 4 heteroatoms. The molecule has 1 N–H and O–H groups in total. The third kappa shape index (κ3) is 1.07. The number of amides is 1. The van der Waals surface area contributed by atoms with Gasteiger partial charge in [-0.1, -0.05) is 23.9 Å². The van der Waals surface area contributed by atoms with Crippen LogP contribution in [0.3, 0.4) is 0 Å². The zero-order valence-electron chi connectivity index (χ0n) is 5.74. The third-order valence-electron chi connectivity index (χ3n) is 1.84. The molecule has 0 bridgehead atoms. The van der Waals surface area contributed by atoms with Crippen LogP contribution in [-0.2, 0) is 4.79 Å². The van der Waals surface area contributed by atoms with Gasteiger partial charge in [0.05, 0.1) is 5.25 Å². The molecule has 0 aromatic carbocycles. The first-order valence-corrected chi connectivity index (χ1v) is 4.32. The lowest BCUT2D eigenvalue weighted by Crippen LogP contribution is -2.39. The van der Waals surface area contributed by atoms with E-state index in [1.54, 1.807) is 0 Å². The first-order valence-electron chi connectivity index (χ1n) is 3.44. The summed E-state index contributed by atoms with van der Waals surface area (Å²) in [4.78, 5) is 22.0. The number of Topliss-reactive ketones (excluding diaryl/α,β-unsaturated/α-hetero) is 1. The maximum absolute atomic E-state index is 11.1. The SMILES string of the molecule is O=C1NC2C(=O)CC=CC2S1. The molecule has 1 aliphatic heterocycles. The van der Waals surface area contributed by atoms with Gasteiger partial charge in [-0.15, -0.1) is 0 Å². The van der Waals surface area contributed by atoms with Gasteiger partial charge in [0.15, 0.2) is 5.78 Å². The van der Waals surface area contributed by atoms with Crippen LogP contribution in [0.4, 0.5) is 4.79 Å². The number of allylic oxidation sites excluding steroid dienone is 1. The number of rotatable bonds is 0. The van der Waals surface area contributed by atoms with Crippen LogP contribution in [0.25, 0.3) is 0 Å². The summed E-state index contributed by atoms with van der Waals surface area (Å²) in [6.07, 6.45) is 4.22. The zero-order chi connectivity index (χ0) is 7.84. The minimum absolute atomic E-state index is 0.0451. The highest BCUT2D eigenvalue weighted by atomic mass is 32.2. The second-order valence-electron chi connectivity index (χ2n) is 2.59. The topological polar surface area (TPSA) is 46.2 Å². The fourth-order valence-electron chi connectivity index (χ4n) is 1.29. The van der Waals surface area contributed by atoms with Crippen LogP contribution in [0.2, 0.25) is 0 Å². The summed E-state index contributed by atoms with van der Waals surface area (Å²) in [7, 11) is 0. The van der Waals surface area contributed by atoms with E-state index in [4.69, 9.17) is 0 Å². The lowest BCUT2D eigenvalue weighted by molar-refractivity contribution is -0.119. The van der Waals surface area contributed by atoms with E-state index in [1.165, 1.54) is 11.8 Å². The molecule has 1 heterocycles. The monoisotopic (exact) mass is 169 g/mol. The average molecular weight is 169 g/mol. The maximum Gasteiger partial charge on any atom is 0.280 e. The summed E-state index contributed by atoms with van der Waals surface area (Å²) in [5.41, 5.74) is 0. The number of nitrogens with one attached hydrogen (secondary N) is 1. The van der Waals surface area contributed by atoms with E-state index in [0.29, 0.717) is 6.42 Å². The van der Waals surface area contributed by atoms with E-state index >= 15 is 0 Å². The Bertz CT molecular complexity index is 249. The van der Waals surface area contributed by atoms with E-state index < -0.39 is 0 Å². The highest BCUT2D eigenvalue weighted by Crippen LogP contribution is 2.28. The standard InChI is InChI=1S/C7H7NO2S/c9-4-2-1-3-5-6(4)8-7(10)11-5/h1,3,5-6H,2H2,(H,8,10). The molecule has 0 spiro atoms. The van der Waals surface area contributed by atoms with Gasteiger partial charge in [-0.05, 0) is 0 Å². The van der Waals surface area contributed by atoms with Crippen molar-refractivity contribution in [1.29, 1.82) is 0 Å². The Balaban J connectivity index is 2.25. The smallest absolute Gasteiger partial charge is 0.280 e. The molecule has 0 aromatic rings. The van der Waals surface area contributed by atoms with Crippen molar-refractivity contribution in [3.63, 3.8) is 0 Å². The molecule has 2 unspecified atom stereocenters. The van der Waals surface area contributed by atoms with Crippen molar-refractivity contribution < 1.29 is 9.59 Å². The van der Waals surface area contributed by atoms with Crippen molar-refractivity contribution in [2.24, 2.45) is 0 Å². The predicted molar refractivity (Wildman–Crippen MR) is 42.5 cm³/mol. The van der Waals surface area contributed by atoms with Crippen molar-refractivity contribution in [3.05, 3.63) is 12.2 Å². The van der Waals surface area contributed by atoms with Gasteiger partial charge < -0.3 is 5.32 Å². The number of fused-ring (bicyclic) bond motifs is 1. The second-order valence-corrected chi connectivity index (χ2v) is 3.74. The average Bonchev–Trinajstić information content (AvgIpc) is 2.31. The van der Waals surface area contributed by atoms with Crippen molar-refractivity contribution in [2.45, 2.75) is 17.7 Å². The maximum atomic E-state index is 11.1. The molecule has 2 atom stereocenters. The van der Waals surface area contributed by atoms with Crippen molar-refractivity contribution in [2.75, 3.05) is 0 Å². The molecule has 3 nitrogen and oxygen atoms in total. The van der Waals surface area contributed by atoms with Crippen LogP contribution in [-0.4, -0.2) is 22.3 Å². The van der Waals surface area contributed by atoms with Crippen LogP contribution >= 0.6 is 11.8 Å². The highest BCUT2D eigenvalue weighted by Gasteiger charge is 2.37. The lowest BCUT2D eigenvalue weighted by atomic mass is 10.0. The van der Waals surface area contributed by atoms with Gasteiger partial charge in [0.25, 0.3) is 5.24 Å². The summed E-state index contributed by atoms with van der Waals surface area (Å²) in [6.45, 7) is 0. The van der Waals surface area contributed by atoms with E-state index in [2.05, 4.69) is 5.32 Å². The normalized spacial score (nSPS) is 35.3. The van der Waals surface area contributed by atoms with E-state index in [1.807, 2.05) is 12.2 Å². The van der Waals surface area contributed by atoms with Crippen molar-refractivity contribution in [1.82, 2.24) is 5.32 Å². The molecule has 58 valence electrons. The molecule has 2 rings (SSSR count). The first kappa shape index (κ1) is 6.91. The molecule has 0 radical (unpaired) electrons. The van der Waals surface area contributed by atoms with Gasteiger partial charge in [-0.2, -0.15) is 0 Å². The summed E-state index contributed by atoms with van der Waals surface area (Å²) in [5.74, 6) is 0.121. The molecule has 1 fully saturated rings. The van der Waals surface area contributed by atoms with Crippen LogP contribution in [0.5, 0.6) is 0 Å². The molecular formula is C7H7NO2S. The van der Waals surface area contributed by atoms with Gasteiger partial charge in [0.1, 0.15) is 6.04 Å². The Morgan fingerprint density at radius 2 is 2.36 bits per heavy atom. The lowest BCUT2D eigenvalue weighted by Gasteiger charge is -2.15. The Morgan fingerprint density at radius 1 is 1.55 bits per heavy atom. The van der Waals surface area contributed by atoms with E-state index in [9.17, 15) is 9.59 Å². The molecule has 1 amide bonds. The minimum atomic E-state index is -0.252. The number of ketones is 1. The third-order valence-corrected chi connectivity index (χ3v) is 2.87. The number of carbonyl (C=O) groups excluding carboxylic acids is 2. The van der Waals surface area contributed by atoms with E-state index in [0.717, 1.165) is 0 Å². The van der Waals surface area contributed by atoms with Crippen molar-refractivity contribution in [3.8, 4) is 0 Å². The largest absolute Gasteiger partial charge is 0.336 e.